The molecule has 1 aliphatic heterocycles. The molecule has 4 aromatic carbocycles. The molecule has 1 heterocycles. The molecule has 5 rings (SSSR count). The van der Waals surface area contributed by atoms with Gasteiger partial charge in [-0.05, 0) is 59.4 Å². The van der Waals surface area contributed by atoms with Gasteiger partial charge in [0.15, 0.2) is 5.11 Å². The summed E-state index contributed by atoms with van der Waals surface area (Å²) < 4.78 is 5.59. The van der Waals surface area contributed by atoms with E-state index in [1.807, 2.05) is 72.8 Å². The van der Waals surface area contributed by atoms with Crippen molar-refractivity contribution in [3.8, 4) is 5.75 Å². The molecule has 5 nitrogen and oxygen atoms in total. The molecular formula is C28H20N2O3S. The van der Waals surface area contributed by atoms with E-state index in [1.54, 1.807) is 37.5 Å². The highest BCUT2D eigenvalue weighted by atomic mass is 32.1. The van der Waals surface area contributed by atoms with Crippen LogP contribution in [0.15, 0.2) is 103 Å². The maximum atomic E-state index is 13.7. The second-order valence-corrected chi connectivity index (χ2v) is 8.06. The fourth-order valence-corrected chi connectivity index (χ4v) is 4.46. The molecule has 0 spiro atoms. The number of hydrogen-bond acceptors (Lipinski definition) is 4. The zero-order chi connectivity index (χ0) is 23.7. The number of carbonyl (C=O) groups is 2. The number of hydrogen-bond donors (Lipinski definition) is 0. The molecular weight excluding hydrogens is 444 g/mol. The van der Waals surface area contributed by atoms with Crippen molar-refractivity contribution in [1.29, 1.82) is 0 Å². The highest BCUT2D eigenvalue weighted by molar-refractivity contribution is 7.81. The van der Waals surface area contributed by atoms with Crippen LogP contribution < -0.4 is 14.5 Å². The van der Waals surface area contributed by atoms with Crippen molar-refractivity contribution < 1.29 is 14.3 Å². The largest absolute Gasteiger partial charge is 0.496 e. The summed E-state index contributed by atoms with van der Waals surface area (Å²) >= 11 is 5.67. The minimum atomic E-state index is -0.483. The molecule has 0 unspecified atom stereocenters. The molecule has 0 N–H and O–H groups in total. The van der Waals surface area contributed by atoms with Crippen molar-refractivity contribution in [2.24, 2.45) is 0 Å². The molecule has 0 atom stereocenters. The lowest BCUT2D eigenvalue weighted by molar-refractivity contribution is -0.120. The Balaban J connectivity index is 1.74. The summed E-state index contributed by atoms with van der Waals surface area (Å²) in [7, 11) is 1.57. The van der Waals surface area contributed by atoms with Crippen LogP contribution in [0.5, 0.6) is 5.75 Å². The van der Waals surface area contributed by atoms with Crippen molar-refractivity contribution in [3.05, 3.63) is 108 Å². The van der Waals surface area contributed by atoms with E-state index in [9.17, 15) is 9.59 Å². The topological polar surface area (TPSA) is 49.9 Å². The summed E-state index contributed by atoms with van der Waals surface area (Å²) in [5.41, 5.74) is 1.82. The van der Waals surface area contributed by atoms with Crippen molar-refractivity contribution in [1.82, 2.24) is 0 Å². The lowest BCUT2D eigenvalue weighted by Gasteiger charge is -2.36. The first-order chi connectivity index (χ1) is 16.6. The van der Waals surface area contributed by atoms with Gasteiger partial charge in [0.1, 0.15) is 11.3 Å². The van der Waals surface area contributed by atoms with Crippen LogP contribution in [-0.2, 0) is 9.59 Å². The lowest BCUT2D eigenvalue weighted by Crippen LogP contribution is -2.56. The summed E-state index contributed by atoms with van der Waals surface area (Å²) in [5.74, 6) is -0.399. The summed E-state index contributed by atoms with van der Waals surface area (Å²) in [6.07, 6.45) is 1.61. The van der Waals surface area contributed by atoms with Crippen molar-refractivity contribution in [2.45, 2.75) is 0 Å². The molecule has 4 aromatic rings. The number of benzene rings is 4. The third-order valence-corrected chi connectivity index (χ3v) is 6.08. The molecule has 0 aromatic heterocycles. The van der Waals surface area contributed by atoms with Gasteiger partial charge in [-0.25, -0.2) is 0 Å². The molecule has 0 radical (unpaired) electrons. The predicted molar refractivity (Wildman–Crippen MR) is 139 cm³/mol. The first-order valence-corrected chi connectivity index (χ1v) is 11.1. The van der Waals surface area contributed by atoms with E-state index in [1.165, 1.54) is 9.80 Å². The number of carbonyl (C=O) groups excluding carboxylic acids is 2. The molecule has 1 aliphatic rings. The monoisotopic (exact) mass is 464 g/mol. The average molecular weight is 465 g/mol. The van der Waals surface area contributed by atoms with Crippen LogP contribution in [0.25, 0.3) is 16.8 Å². The molecule has 1 fully saturated rings. The fourth-order valence-electron chi connectivity index (χ4n) is 4.09. The first-order valence-electron chi connectivity index (χ1n) is 10.7. The van der Waals surface area contributed by atoms with Gasteiger partial charge in [0.25, 0.3) is 11.8 Å². The Labute approximate surface area is 202 Å². The lowest BCUT2D eigenvalue weighted by atomic mass is 9.99. The number of amides is 2. The summed E-state index contributed by atoms with van der Waals surface area (Å²) in [6, 6.07) is 29.7. The molecule has 0 saturated carbocycles. The molecule has 166 valence electrons. The number of para-hydroxylation sites is 2. The van der Waals surface area contributed by atoms with Crippen LogP contribution in [0.3, 0.4) is 0 Å². The maximum Gasteiger partial charge on any atom is 0.270 e. The van der Waals surface area contributed by atoms with E-state index >= 15 is 0 Å². The minimum absolute atomic E-state index is 0.00374. The standard InChI is InChI=1S/C28H20N2O3S/c1-33-25-17-16-19-10-8-9-15-22(19)23(25)18-24-26(31)29(20-11-4-2-5-12-20)28(34)30(27(24)32)21-13-6-3-7-14-21/h2-18H,1H3. The molecule has 0 bridgehead atoms. The quantitative estimate of drug-likeness (QED) is 0.224. The number of rotatable bonds is 4. The minimum Gasteiger partial charge on any atom is -0.496 e. The zero-order valence-electron chi connectivity index (χ0n) is 18.3. The van der Waals surface area contributed by atoms with Crippen molar-refractivity contribution in [2.75, 3.05) is 16.9 Å². The van der Waals surface area contributed by atoms with E-state index in [0.29, 0.717) is 22.7 Å². The van der Waals surface area contributed by atoms with Gasteiger partial charge in [-0.3, -0.25) is 19.4 Å². The van der Waals surface area contributed by atoms with E-state index in [4.69, 9.17) is 17.0 Å². The van der Waals surface area contributed by atoms with Gasteiger partial charge < -0.3 is 4.74 Å². The van der Waals surface area contributed by atoms with Crippen molar-refractivity contribution >= 4 is 57.4 Å². The van der Waals surface area contributed by atoms with Crippen LogP contribution in [0, 0.1) is 0 Å². The van der Waals surface area contributed by atoms with Gasteiger partial charge >= 0.3 is 0 Å². The number of fused-ring (bicyclic) bond motifs is 1. The van der Waals surface area contributed by atoms with E-state index in [-0.39, 0.29) is 10.7 Å². The molecule has 2 amide bonds. The smallest absolute Gasteiger partial charge is 0.270 e. The number of methoxy groups -OCH3 is 1. The van der Waals surface area contributed by atoms with Gasteiger partial charge in [0, 0.05) is 5.56 Å². The van der Waals surface area contributed by atoms with Gasteiger partial charge in [-0.2, -0.15) is 0 Å². The van der Waals surface area contributed by atoms with Crippen LogP contribution >= 0.6 is 12.2 Å². The highest BCUT2D eigenvalue weighted by Crippen LogP contribution is 2.34. The fraction of sp³-hybridized carbons (Fsp3) is 0.0357. The normalized spacial score (nSPS) is 14.0. The second-order valence-electron chi connectivity index (χ2n) is 7.70. The van der Waals surface area contributed by atoms with Crippen LogP contribution in [0.2, 0.25) is 0 Å². The average Bonchev–Trinajstić information content (AvgIpc) is 2.88. The molecule has 0 aliphatic carbocycles. The molecule has 1 saturated heterocycles. The maximum absolute atomic E-state index is 13.7. The molecule has 6 heteroatoms. The molecule has 34 heavy (non-hydrogen) atoms. The number of ether oxygens (including phenoxy) is 1. The third-order valence-electron chi connectivity index (χ3n) is 5.72. The Kier molecular flexibility index (Phi) is 5.65. The number of anilines is 2. The Morgan fingerprint density at radius 1 is 0.706 bits per heavy atom. The Morgan fingerprint density at radius 3 is 1.79 bits per heavy atom. The van der Waals surface area contributed by atoms with E-state index in [0.717, 1.165) is 10.8 Å². The summed E-state index contributed by atoms with van der Waals surface area (Å²) in [5, 5.41) is 1.95. The SMILES string of the molecule is COc1ccc2ccccc2c1C=C1C(=O)N(c2ccccc2)C(=S)N(c2ccccc2)C1=O. The van der Waals surface area contributed by atoms with Crippen LogP contribution in [0.1, 0.15) is 5.56 Å². The Bertz CT molecular complexity index is 1390. The van der Waals surface area contributed by atoms with Crippen LogP contribution in [-0.4, -0.2) is 24.0 Å². The third kappa shape index (κ3) is 3.64. The van der Waals surface area contributed by atoms with E-state index in [2.05, 4.69) is 0 Å². The van der Waals surface area contributed by atoms with Crippen molar-refractivity contribution in [3.63, 3.8) is 0 Å². The van der Waals surface area contributed by atoms with E-state index < -0.39 is 11.8 Å². The zero-order valence-corrected chi connectivity index (χ0v) is 19.2. The highest BCUT2D eigenvalue weighted by Gasteiger charge is 2.41. The number of nitrogens with zero attached hydrogens (tertiary/aromatic N) is 2. The Morgan fingerprint density at radius 2 is 1.24 bits per heavy atom. The first kappa shape index (κ1) is 21.6. The summed E-state index contributed by atoms with van der Waals surface area (Å²) in [4.78, 5) is 30.3. The van der Waals surface area contributed by atoms with Gasteiger partial charge in [0.2, 0.25) is 0 Å². The summed E-state index contributed by atoms with van der Waals surface area (Å²) in [6.45, 7) is 0. The predicted octanol–water partition coefficient (Wildman–Crippen LogP) is 5.60. The number of thiocarbonyl (C=S) groups is 1. The van der Waals surface area contributed by atoms with Gasteiger partial charge in [-0.15, -0.1) is 0 Å². The van der Waals surface area contributed by atoms with Gasteiger partial charge in [0.05, 0.1) is 18.5 Å². The van der Waals surface area contributed by atoms with Crippen LogP contribution in [0.4, 0.5) is 11.4 Å². The second kappa shape index (κ2) is 8.92. The Hall–Kier alpha value is -4.29. The van der Waals surface area contributed by atoms with Gasteiger partial charge in [-0.1, -0.05) is 66.7 Å².